The van der Waals surface area contributed by atoms with Gasteiger partial charge in [-0.15, -0.1) is 0 Å². The van der Waals surface area contributed by atoms with Crippen LogP contribution in [0.1, 0.15) is 294 Å². The summed E-state index contributed by atoms with van der Waals surface area (Å²) in [4.78, 5) is 0. The molecular weight excluding hydrogens is 1220 g/mol. The van der Waals surface area contributed by atoms with Crippen LogP contribution in [0.25, 0.3) is 0 Å². The molecule has 7 saturated heterocycles. The molecular formula is C83H162O14. The molecule has 0 aromatic carbocycles. The molecule has 0 aromatic rings. The summed E-state index contributed by atoms with van der Waals surface area (Å²) in [7, 11) is 0. The summed E-state index contributed by atoms with van der Waals surface area (Å²) in [5, 5.41) is 0. The summed E-state index contributed by atoms with van der Waals surface area (Å²) in [6.45, 7) is 79.3. The Morgan fingerprint density at radius 3 is 0.495 bits per heavy atom. The van der Waals surface area contributed by atoms with E-state index in [0.29, 0.717) is 131 Å². The Hall–Kier alpha value is -0.560. The molecule has 7 fully saturated rings. The smallest absolute Gasteiger partial charge is 0.161 e. The Bertz CT molecular complexity index is 1870. The molecule has 97 heavy (non-hydrogen) atoms. The largest absolute Gasteiger partial charge is 0.350 e. The fraction of sp³-hybridized carbons (Fsp3) is 1.00. The molecule has 14 heteroatoms. The van der Waals surface area contributed by atoms with E-state index in [4.69, 9.17) is 66.3 Å². The molecule has 0 bridgehead atoms. The molecule has 0 spiro atoms. The lowest BCUT2D eigenvalue weighted by atomic mass is 9.78. The zero-order chi connectivity index (χ0) is 73.9. The Morgan fingerprint density at radius 1 is 0.186 bits per heavy atom. The second-order valence-corrected chi connectivity index (χ2v) is 33.6. The maximum Gasteiger partial charge on any atom is 0.161 e. The van der Waals surface area contributed by atoms with E-state index < -0.39 is 0 Å². The van der Waals surface area contributed by atoms with Crippen molar-refractivity contribution in [3.05, 3.63) is 0 Å². The highest BCUT2D eigenvalue weighted by atomic mass is 16.7. The maximum atomic E-state index is 6.63. The van der Waals surface area contributed by atoms with Crippen LogP contribution >= 0.6 is 0 Å². The first kappa shape index (κ1) is 90.7. The molecule has 7 heterocycles. The van der Waals surface area contributed by atoms with E-state index in [0.717, 1.165) is 44.9 Å². The summed E-state index contributed by atoms with van der Waals surface area (Å²) in [6, 6.07) is 0. The van der Waals surface area contributed by atoms with Gasteiger partial charge in [0.1, 0.15) is 0 Å². The van der Waals surface area contributed by atoms with Gasteiger partial charge in [0, 0.05) is 41.4 Å². The number of ether oxygens (including phenoxy) is 14. The number of rotatable bonds is 21. The van der Waals surface area contributed by atoms with E-state index in [-0.39, 0.29) is 111 Å². The minimum atomic E-state index is -0.151. The number of hydrogen-bond donors (Lipinski definition) is 0. The first-order valence-electron chi connectivity index (χ1n) is 40.5. The third-order valence-corrected chi connectivity index (χ3v) is 25.3. The van der Waals surface area contributed by atoms with Crippen molar-refractivity contribution in [2.75, 3.05) is 0 Å². The van der Waals surface area contributed by atoms with Crippen LogP contribution in [0.15, 0.2) is 0 Å². The molecule has 7 aliphatic heterocycles. The van der Waals surface area contributed by atoms with Crippen molar-refractivity contribution in [1.29, 1.82) is 0 Å². The highest BCUT2D eigenvalue weighted by molar-refractivity contribution is 4.92. The molecule has 14 nitrogen and oxygen atoms in total. The zero-order valence-corrected chi connectivity index (χ0v) is 69.8. The average molecular weight is 1380 g/mol. The maximum absolute atomic E-state index is 6.63. The van der Waals surface area contributed by atoms with E-state index >= 15 is 0 Å². The molecule has 7 aliphatic rings. The number of hydrogen-bond acceptors (Lipinski definition) is 14. The van der Waals surface area contributed by atoms with Gasteiger partial charge in [0.2, 0.25) is 0 Å². The summed E-state index contributed by atoms with van der Waals surface area (Å²) in [5.41, 5.74) is 0. The molecule has 0 radical (unpaired) electrons. The highest BCUT2D eigenvalue weighted by Gasteiger charge is 2.50. The van der Waals surface area contributed by atoms with Crippen molar-refractivity contribution < 1.29 is 66.3 Å². The van der Waals surface area contributed by atoms with Gasteiger partial charge in [-0.1, -0.05) is 180 Å². The van der Waals surface area contributed by atoms with Crippen LogP contribution < -0.4 is 0 Å². The van der Waals surface area contributed by atoms with E-state index in [9.17, 15) is 0 Å². The first-order chi connectivity index (χ1) is 45.3. The lowest BCUT2D eigenvalue weighted by Gasteiger charge is -2.49. The van der Waals surface area contributed by atoms with Gasteiger partial charge in [-0.05, 0) is 185 Å². The Morgan fingerprint density at radius 2 is 0.330 bits per heavy atom. The first-order valence-corrected chi connectivity index (χ1v) is 40.5. The second kappa shape index (κ2) is 43.2. The van der Waals surface area contributed by atoms with Crippen molar-refractivity contribution in [2.45, 2.75) is 424 Å². The topological polar surface area (TPSA) is 129 Å². The minimum Gasteiger partial charge on any atom is -0.350 e. The van der Waals surface area contributed by atoms with Crippen LogP contribution in [0.3, 0.4) is 0 Å². The fourth-order valence-corrected chi connectivity index (χ4v) is 16.1. The van der Waals surface area contributed by atoms with Crippen LogP contribution in [0, 0.1) is 112 Å². The molecule has 0 N–H and O–H groups in total. The van der Waals surface area contributed by atoms with Gasteiger partial charge >= 0.3 is 0 Å². The van der Waals surface area contributed by atoms with E-state index in [1.165, 1.54) is 0 Å². The fourth-order valence-electron chi connectivity index (χ4n) is 16.1. The molecule has 35 atom stereocenters. The van der Waals surface area contributed by atoms with Crippen LogP contribution in [-0.2, 0) is 66.3 Å². The van der Waals surface area contributed by atoms with Gasteiger partial charge in [0.25, 0.3) is 0 Å². The monoisotopic (exact) mass is 1380 g/mol. The van der Waals surface area contributed by atoms with Gasteiger partial charge in [-0.25, -0.2) is 0 Å². The summed E-state index contributed by atoms with van der Waals surface area (Å²) < 4.78 is 86.3. The predicted molar refractivity (Wildman–Crippen MR) is 398 cm³/mol. The van der Waals surface area contributed by atoms with Gasteiger partial charge < -0.3 is 66.3 Å². The standard InChI is InChI=1S/2C22H42O4.3C13H26O2/c2*1-10-18-14(6)13(5)16(8)22(24-18)26-20-15(7)17(9)21(23-12(3)4)25-19(20)11-2;3*1-7-12-10(5)9(4)11(6)13(15-12)14-8(2)3/h2*12-22H,10-11H2,1-9H3;3*8-13H,7H2,1-6H3/t13-,14?,15+,16+,17+,18+,19+,20-,21?,22?;13-,14?,15-,16+,17-,18+,19+,20-,21?,22?;9-,10?,11+,12+,13?;9-,10?,11-,12+,13?;9-,10?,11-,12-,13?/m00001/s1. The Kier molecular flexibility index (Phi) is 40.3. The van der Waals surface area contributed by atoms with E-state index in [1.807, 2.05) is 0 Å². The predicted octanol–water partition coefficient (Wildman–Crippen LogP) is 20.9. The Labute approximate surface area is 599 Å². The zero-order valence-electron chi connectivity index (χ0n) is 69.8. The van der Waals surface area contributed by atoms with Gasteiger partial charge in [-0.3, -0.25) is 0 Å². The Balaban J connectivity index is 0.000000324. The van der Waals surface area contributed by atoms with Gasteiger partial charge in [-0.2, -0.15) is 0 Å². The summed E-state index contributed by atoms with van der Waals surface area (Å²) in [6.07, 6.45) is 9.42. The SMILES string of the molecule is CC[C@H]1OC(OC(C)C)[C@@H](C)[C@@H](C)C1C.CC[C@H]1OC(OC(C)C)[C@H](C)[C@@H](C)C1C.CC[C@H]1OC(OC(C)C)[C@H](C)[C@H](C)C1C.CC[C@H]1OC(O[C@H]2[C@@H](C)[C@H](C)C(OC(C)C)O[C@@H]2CC)[C@H](C)[C@@H](C)C1C.CC[C@H]1OC(O[C@H]2[C@H](C)[C@@H](C)C(OC(C)C)O[C@@H]2CC)[C@H](C)[C@@H](C)C1C. The third kappa shape index (κ3) is 25.3. The van der Waals surface area contributed by atoms with Crippen molar-refractivity contribution in [3.63, 3.8) is 0 Å². The molecule has 0 saturated carbocycles. The molecule has 7 rings (SSSR count). The second-order valence-electron chi connectivity index (χ2n) is 33.6. The van der Waals surface area contributed by atoms with Crippen molar-refractivity contribution in [2.24, 2.45) is 112 Å². The van der Waals surface area contributed by atoms with Crippen molar-refractivity contribution >= 4 is 0 Å². The van der Waals surface area contributed by atoms with Crippen LogP contribution in [0.4, 0.5) is 0 Å². The normalized spacial score (nSPS) is 44.9. The van der Waals surface area contributed by atoms with Crippen LogP contribution in [0.5, 0.6) is 0 Å². The van der Waals surface area contributed by atoms with Crippen molar-refractivity contribution in [1.82, 2.24) is 0 Å². The molecule has 12 unspecified atom stereocenters. The van der Waals surface area contributed by atoms with Crippen molar-refractivity contribution in [3.8, 4) is 0 Å². The third-order valence-electron chi connectivity index (χ3n) is 25.3. The van der Waals surface area contributed by atoms with Gasteiger partial charge in [0.05, 0.1) is 85.5 Å². The quantitative estimate of drug-likeness (QED) is 0.108. The van der Waals surface area contributed by atoms with Crippen LogP contribution in [-0.4, -0.2) is 129 Å². The minimum absolute atomic E-state index is 0.0128. The summed E-state index contributed by atoms with van der Waals surface area (Å²) in [5.74, 6) is 9.81. The average Bonchev–Trinajstić information content (AvgIpc) is 0.796. The van der Waals surface area contributed by atoms with E-state index in [2.05, 4.69) is 249 Å². The van der Waals surface area contributed by atoms with Gasteiger partial charge in [0.15, 0.2) is 44.0 Å². The molecule has 0 amide bonds. The molecule has 578 valence electrons. The summed E-state index contributed by atoms with van der Waals surface area (Å²) >= 11 is 0. The van der Waals surface area contributed by atoms with Crippen LogP contribution in [0.2, 0.25) is 0 Å². The van der Waals surface area contributed by atoms with E-state index in [1.54, 1.807) is 0 Å². The molecule has 0 aromatic heterocycles. The lowest BCUT2D eigenvalue weighted by Crippen LogP contribution is -2.55. The highest BCUT2D eigenvalue weighted by Crippen LogP contribution is 2.45. The lowest BCUT2D eigenvalue weighted by molar-refractivity contribution is -0.327. The molecule has 0 aliphatic carbocycles.